The minimum atomic E-state index is -0.852. The van der Waals surface area contributed by atoms with E-state index >= 15 is 0 Å². The molecule has 1 heterocycles. The van der Waals surface area contributed by atoms with Crippen LogP contribution in [0.4, 0.5) is 8.78 Å². The molecule has 1 aliphatic rings. The van der Waals surface area contributed by atoms with Crippen LogP contribution in [-0.4, -0.2) is 37.7 Å². The summed E-state index contributed by atoms with van der Waals surface area (Å²) in [7, 11) is 1.92. The van der Waals surface area contributed by atoms with Crippen LogP contribution in [0.25, 0.3) is 0 Å². The van der Waals surface area contributed by atoms with Gasteiger partial charge in [0.1, 0.15) is 0 Å². The lowest BCUT2D eigenvalue weighted by molar-refractivity contribution is 0.0795. The van der Waals surface area contributed by atoms with Crippen LogP contribution in [0.3, 0.4) is 0 Å². The molecule has 5 heteroatoms. The highest BCUT2D eigenvalue weighted by molar-refractivity contribution is 5.22. The summed E-state index contributed by atoms with van der Waals surface area (Å²) >= 11 is 0. The number of rotatable bonds is 5. The Hall–Kier alpha value is -1.04. The molecule has 0 amide bonds. The second kappa shape index (κ2) is 6.41. The van der Waals surface area contributed by atoms with Crippen LogP contribution in [0.15, 0.2) is 18.2 Å². The van der Waals surface area contributed by atoms with E-state index in [1.165, 1.54) is 12.1 Å². The zero-order valence-electron chi connectivity index (χ0n) is 11.1. The normalized spacial score (nSPS) is 21.0. The summed E-state index contributed by atoms with van der Waals surface area (Å²) in [6.45, 7) is 2.05. The summed E-state index contributed by atoms with van der Waals surface area (Å²) in [6, 6.07) is 3.57. The van der Waals surface area contributed by atoms with E-state index < -0.39 is 17.7 Å². The highest BCUT2D eigenvalue weighted by atomic mass is 19.2. The number of hydrogen-bond donors (Lipinski definition) is 1. The van der Waals surface area contributed by atoms with Crippen LogP contribution in [-0.2, 0) is 4.74 Å². The highest BCUT2D eigenvalue weighted by Gasteiger charge is 2.20. The first kappa shape index (κ1) is 14.4. The third-order valence-corrected chi connectivity index (χ3v) is 3.43. The Bertz CT molecular complexity index is 422. The van der Waals surface area contributed by atoms with E-state index in [9.17, 15) is 8.78 Å². The zero-order valence-corrected chi connectivity index (χ0v) is 11.1. The predicted octanol–water partition coefficient (Wildman–Crippen LogP) is 2.08. The molecule has 2 rings (SSSR count). The molecule has 0 aliphatic carbocycles. The van der Waals surface area contributed by atoms with Crippen molar-refractivity contribution in [2.24, 2.45) is 5.73 Å². The zero-order chi connectivity index (χ0) is 13.8. The highest BCUT2D eigenvalue weighted by Crippen LogP contribution is 2.19. The van der Waals surface area contributed by atoms with Gasteiger partial charge in [-0.2, -0.15) is 0 Å². The Morgan fingerprint density at radius 3 is 2.95 bits per heavy atom. The first-order valence-corrected chi connectivity index (χ1v) is 6.57. The van der Waals surface area contributed by atoms with Crippen LogP contribution < -0.4 is 5.73 Å². The summed E-state index contributed by atoms with van der Waals surface area (Å²) in [5.41, 5.74) is 6.17. The topological polar surface area (TPSA) is 38.5 Å². The van der Waals surface area contributed by atoms with Crippen molar-refractivity contribution >= 4 is 0 Å². The van der Waals surface area contributed by atoms with E-state index in [4.69, 9.17) is 10.5 Å². The third-order valence-electron chi connectivity index (χ3n) is 3.43. The molecule has 0 radical (unpaired) electrons. The number of nitrogens with two attached hydrogens (primary N) is 1. The monoisotopic (exact) mass is 270 g/mol. The van der Waals surface area contributed by atoms with Crippen LogP contribution >= 0.6 is 0 Å². The molecule has 1 aliphatic heterocycles. The fourth-order valence-electron chi connectivity index (χ4n) is 2.45. The molecule has 0 aromatic heterocycles. The molecule has 2 atom stereocenters. The lowest BCUT2D eigenvalue weighted by Gasteiger charge is -2.24. The number of halogens is 2. The predicted molar refractivity (Wildman–Crippen MR) is 69.8 cm³/mol. The lowest BCUT2D eigenvalue weighted by Crippen LogP contribution is -2.35. The summed E-state index contributed by atoms with van der Waals surface area (Å²) in [4.78, 5) is 2.00. The van der Waals surface area contributed by atoms with Gasteiger partial charge >= 0.3 is 0 Å². The van der Waals surface area contributed by atoms with Gasteiger partial charge in [-0.3, -0.25) is 0 Å². The van der Waals surface area contributed by atoms with Crippen molar-refractivity contribution in [2.75, 3.05) is 26.7 Å². The van der Waals surface area contributed by atoms with Gasteiger partial charge in [0.25, 0.3) is 0 Å². The van der Waals surface area contributed by atoms with E-state index in [-0.39, 0.29) is 11.7 Å². The van der Waals surface area contributed by atoms with Crippen molar-refractivity contribution < 1.29 is 13.5 Å². The molecule has 106 valence electrons. The van der Waals surface area contributed by atoms with Gasteiger partial charge in [-0.05, 0) is 26.0 Å². The van der Waals surface area contributed by atoms with E-state index in [2.05, 4.69) is 0 Å². The molecule has 1 aromatic rings. The Kier molecular flexibility index (Phi) is 4.85. The SMILES string of the molecule is CN(CC1CCCO1)CC(N)c1cccc(F)c1F. The number of nitrogens with zero attached hydrogens (tertiary/aromatic N) is 1. The maximum Gasteiger partial charge on any atom is 0.163 e. The van der Waals surface area contributed by atoms with Gasteiger partial charge in [-0.15, -0.1) is 0 Å². The second-order valence-electron chi connectivity index (χ2n) is 5.11. The first-order valence-electron chi connectivity index (χ1n) is 6.57. The van der Waals surface area contributed by atoms with E-state index in [0.717, 1.165) is 32.1 Å². The van der Waals surface area contributed by atoms with Gasteiger partial charge < -0.3 is 15.4 Å². The molecule has 2 unspecified atom stereocenters. The van der Waals surface area contributed by atoms with Gasteiger partial charge in [0, 0.05) is 31.3 Å². The Morgan fingerprint density at radius 2 is 2.26 bits per heavy atom. The average molecular weight is 270 g/mol. The average Bonchev–Trinajstić information content (AvgIpc) is 2.85. The molecular formula is C14H20F2N2O. The van der Waals surface area contributed by atoms with Crippen molar-refractivity contribution in [1.82, 2.24) is 4.90 Å². The Labute approximate surface area is 112 Å². The molecule has 0 spiro atoms. The van der Waals surface area contributed by atoms with Gasteiger partial charge in [0.2, 0.25) is 0 Å². The standard InChI is InChI=1S/C14H20F2N2O/c1-18(8-10-4-3-7-19-10)9-13(17)11-5-2-6-12(15)14(11)16/h2,5-6,10,13H,3-4,7-9,17H2,1H3. The molecule has 1 aromatic carbocycles. The first-order chi connectivity index (χ1) is 9.08. The minimum Gasteiger partial charge on any atom is -0.377 e. The van der Waals surface area contributed by atoms with Gasteiger partial charge in [-0.1, -0.05) is 12.1 Å². The second-order valence-corrected chi connectivity index (χ2v) is 5.11. The van der Waals surface area contributed by atoms with Crippen molar-refractivity contribution in [2.45, 2.75) is 25.0 Å². The van der Waals surface area contributed by atoms with Gasteiger partial charge in [0.05, 0.1) is 6.10 Å². The van der Waals surface area contributed by atoms with Crippen LogP contribution in [0, 0.1) is 11.6 Å². The number of likely N-dealkylation sites (N-methyl/N-ethyl adjacent to an activating group) is 1. The number of ether oxygens (including phenoxy) is 1. The van der Waals surface area contributed by atoms with Crippen molar-refractivity contribution in [3.8, 4) is 0 Å². The third kappa shape index (κ3) is 3.72. The van der Waals surface area contributed by atoms with Crippen molar-refractivity contribution in [1.29, 1.82) is 0 Å². The maximum absolute atomic E-state index is 13.6. The van der Waals surface area contributed by atoms with Crippen LogP contribution in [0.2, 0.25) is 0 Å². The van der Waals surface area contributed by atoms with Crippen LogP contribution in [0.1, 0.15) is 24.4 Å². The Morgan fingerprint density at radius 1 is 1.47 bits per heavy atom. The van der Waals surface area contributed by atoms with Gasteiger partial charge in [-0.25, -0.2) is 8.78 Å². The molecule has 1 saturated heterocycles. The number of hydrogen-bond acceptors (Lipinski definition) is 3. The molecule has 1 fully saturated rings. The molecule has 0 bridgehead atoms. The molecule has 19 heavy (non-hydrogen) atoms. The minimum absolute atomic E-state index is 0.221. The van der Waals surface area contributed by atoms with Crippen molar-refractivity contribution in [3.05, 3.63) is 35.4 Å². The summed E-state index contributed by atoms with van der Waals surface area (Å²) in [5.74, 6) is -1.70. The van der Waals surface area contributed by atoms with Gasteiger partial charge in [0.15, 0.2) is 11.6 Å². The van der Waals surface area contributed by atoms with E-state index in [0.29, 0.717) is 6.54 Å². The van der Waals surface area contributed by atoms with E-state index in [1.54, 1.807) is 0 Å². The summed E-state index contributed by atoms with van der Waals surface area (Å²) in [5, 5.41) is 0. The fraction of sp³-hybridized carbons (Fsp3) is 0.571. The molecule has 3 nitrogen and oxygen atoms in total. The molecule has 0 saturated carbocycles. The molecular weight excluding hydrogens is 250 g/mol. The fourth-order valence-corrected chi connectivity index (χ4v) is 2.45. The molecule has 2 N–H and O–H groups in total. The smallest absolute Gasteiger partial charge is 0.163 e. The maximum atomic E-state index is 13.6. The largest absolute Gasteiger partial charge is 0.377 e. The van der Waals surface area contributed by atoms with E-state index in [1.807, 2.05) is 11.9 Å². The summed E-state index contributed by atoms with van der Waals surface area (Å²) < 4.78 is 32.3. The van der Waals surface area contributed by atoms with Crippen molar-refractivity contribution in [3.63, 3.8) is 0 Å². The number of benzene rings is 1. The Balaban J connectivity index is 1.92. The quantitative estimate of drug-likeness (QED) is 0.890. The summed E-state index contributed by atoms with van der Waals surface area (Å²) in [6.07, 6.45) is 2.37. The lowest BCUT2D eigenvalue weighted by atomic mass is 10.1. The van der Waals surface area contributed by atoms with Crippen LogP contribution in [0.5, 0.6) is 0 Å².